The second-order valence-corrected chi connectivity index (χ2v) is 5.86. The van der Waals surface area contributed by atoms with Crippen LogP contribution >= 0.6 is 0 Å². The first-order chi connectivity index (χ1) is 10.6. The van der Waals surface area contributed by atoms with Crippen molar-refractivity contribution in [1.82, 2.24) is 9.97 Å². The van der Waals surface area contributed by atoms with Gasteiger partial charge in [0.1, 0.15) is 11.3 Å². The number of anilines is 4. The molecule has 3 aromatic rings. The number of pyridine rings is 2. The Morgan fingerprint density at radius 3 is 2.64 bits per heavy atom. The number of nitrogens with zero attached hydrogens (tertiary/aromatic N) is 3. The van der Waals surface area contributed by atoms with Crippen LogP contribution in [0.4, 0.5) is 22.9 Å². The Morgan fingerprint density at radius 1 is 1.14 bits per heavy atom. The molecule has 2 aromatic heterocycles. The van der Waals surface area contributed by atoms with Crippen LogP contribution in [0.15, 0.2) is 24.4 Å². The summed E-state index contributed by atoms with van der Waals surface area (Å²) in [5.41, 5.74) is 21.6. The molecule has 2 heterocycles. The van der Waals surface area contributed by atoms with Gasteiger partial charge in [-0.05, 0) is 25.0 Å². The van der Waals surface area contributed by atoms with Crippen molar-refractivity contribution < 1.29 is 0 Å². The van der Waals surface area contributed by atoms with Crippen LogP contribution < -0.4 is 22.1 Å². The summed E-state index contributed by atoms with van der Waals surface area (Å²) < 4.78 is 0. The zero-order valence-electron chi connectivity index (χ0n) is 12.4. The molecule has 0 spiro atoms. The molecule has 1 fully saturated rings. The van der Waals surface area contributed by atoms with Crippen LogP contribution in [0.2, 0.25) is 0 Å². The van der Waals surface area contributed by atoms with Crippen molar-refractivity contribution in [2.45, 2.75) is 18.9 Å². The van der Waals surface area contributed by atoms with Crippen LogP contribution in [0.5, 0.6) is 0 Å². The summed E-state index contributed by atoms with van der Waals surface area (Å²) in [6.07, 6.45) is 4.14. The van der Waals surface area contributed by atoms with Crippen LogP contribution in [-0.2, 0) is 0 Å². The monoisotopic (exact) mass is 294 g/mol. The normalized spacial score (nSPS) is 14.6. The predicted molar refractivity (Wildman–Crippen MR) is 91.7 cm³/mol. The first-order valence-electron chi connectivity index (χ1n) is 7.32. The second kappa shape index (κ2) is 4.37. The van der Waals surface area contributed by atoms with E-state index in [2.05, 4.69) is 28.0 Å². The molecular weight excluding hydrogens is 276 g/mol. The van der Waals surface area contributed by atoms with E-state index in [0.29, 0.717) is 22.9 Å². The molecule has 1 aliphatic rings. The molecule has 0 amide bonds. The Labute approximate surface area is 127 Å². The Hall–Kier alpha value is -2.76. The molecule has 0 atom stereocenters. The third-order valence-corrected chi connectivity index (χ3v) is 4.39. The number of nitrogens with two attached hydrogens (primary N) is 3. The number of benzene rings is 1. The number of hydrogen-bond acceptors (Lipinski definition) is 6. The molecule has 1 aromatic carbocycles. The van der Waals surface area contributed by atoms with E-state index in [1.807, 2.05) is 12.1 Å². The average molecular weight is 294 g/mol. The van der Waals surface area contributed by atoms with E-state index in [4.69, 9.17) is 17.2 Å². The first kappa shape index (κ1) is 12.9. The van der Waals surface area contributed by atoms with Crippen LogP contribution in [-0.4, -0.2) is 23.1 Å². The fraction of sp³-hybridized carbons (Fsp3) is 0.250. The molecule has 0 bridgehead atoms. The number of nitrogen functional groups attached to an aromatic ring is 3. The third kappa shape index (κ3) is 1.73. The molecule has 6 N–H and O–H groups in total. The maximum atomic E-state index is 6.27. The number of hydrogen-bond donors (Lipinski definition) is 3. The molecule has 1 aliphatic carbocycles. The van der Waals surface area contributed by atoms with Gasteiger partial charge in [-0.2, -0.15) is 0 Å². The van der Waals surface area contributed by atoms with Crippen molar-refractivity contribution in [3.05, 3.63) is 24.4 Å². The van der Waals surface area contributed by atoms with Gasteiger partial charge in [-0.1, -0.05) is 6.07 Å². The first-order valence-corrected chi connectivity index (χ1v) is 7.32. The molecule has 6 nitrogen and oxygen atoms in total. The summed E-state index contributed by atoms with van der Waals surface area (Å²) in [5.74, 6) is 0.253. The van der Waals surface area contributed by atoms with Gasteiger partial charge in [-0.15, -0.1) is 0 Å². The minimum absolute atomic E-state index is 0.253. The molecule has 4 rings (SSSR count). The molecule has 0 unspecified atom stereocenters. The highest BCUT2D eigenvalue weighted by Crippen LogP contribution is 2.42. The highest BCUT2D eigenvalue weighted by molar-refractivity contribution is 6.16. The summed E-state index contributed by atoms with van der Waals surface area (Å²) in [6, 6.07) is 6.60. The zero-order chi connectivity index (χ0) is 15.4. The van der Waals surface area contributed by atoms with E-state index in [1.165, 1.54) is 12.8 Å². The Morgan fingerprint density at radius 2 is 1.91 bits per heavy atom. The zero-order valence-corrected chi connectivity index (χ0v) is 12.4. The topological polar surface area (TPSA) is 107 Å². The largest absolute Gasteiger partial charge is 0.396 e. The summed E-state index contributed by atoms with van der Waals surface area (Å²) in [4.78, 5) is 11.2. The maximum Gasteiger partial charge on any atom is 0.149 e. The smallest absolute Gasteiger partial charge is 0.149 e. The van der Waals surface area contributed by atoms with Gasteiger partial charge >= 0.3 is 0 Å². The minimum Gasteiger partial charge on any atom is -0.396 e. The molecule has 22 heavy (non-hydrogen) atoms. The van der Waals surface area contributed by atoms with E-state index < -0.39 is 0 Å². The van der Waals surface area contributed by atoms with Gasteiger partial charge in [-0.25, -0.2) is 4.98 Å². The van der Waals surface area contributed by atoms with Gasteiger partial charge < -0.3 is 22.1 Å². The standard InChI is InChI=1S/C16H18N6/c1-22(9-4-5-9)10-7-8-3-2-6-20-14(8)15-11(10)12(17)13(18)16(19)21-15/h2-3,6-7,9H,4-5,18H2,1H3,(H4,17,19,21). The molecule has 0 saturated heterocycles. The van der Waals surface area contributed by atoms with Gasteiger partial charge in [0, 0.05) is 30.4 Å². The lowest BCUT2D eigenvalue weighted by Crippen LogP contribution is -2.20. The molecule has 6 heteroatoms. The van der Waals surface area contributed by atoms with E-state index >= 15 is 0 Å². The van der Waals surface area contributed by atoms with E-state index in [-0.39, 0.29) is 5.82 Å². The number of fused-ring (bicyclic) bond motifs is 3. The SMILES string of the molecule is CN(c1cc2cccnc2c2nc(N)c(N)c(N)c12)C1CC1. The van der Waals surface area contributed by atoms with Gasteiger partial charge in [-0.3, -0.25) is 4.98 Å². The second-order valence-electron chi connectivity index (χ2n) is 5.86. The lowest BCUT2D eigenvalue weighted by Gasteiger charge is -2.23. The van der Waals surface area contributed by atoms with Crippen molar-refractivity contribution in [3.8, 4) is 0 Å². The van der Waals surface area contributed by atoms with Gasteiger partial charge in [0.25, 0.3) is 0 Å². The Kier molecular flexibility index (Phi) is 2.57. The maximum absolute atomic E-state index is 6.27. The quantitative estimate of drug-likeness (QED) is 0.625. The highest BCUT2D eigenvalue weighted by Gasteiger charge is 2.29. The summed E-state index contributed by atoms with van der Waals surface area (Å²) in [6.45, 7) is 0. The van der Waals surface area contributed by atoms with Crippen LogP contribution in [0.3, 0.4) is 0 Å². The van der Waals surface area contributed by atoms with Crippen molar-refractivity contribution in [2.24, 2.45) is 0 Å². The Balaban J connectivity index is 2.18. The summed E-state index contributed by atoms with van der Waals surface area (Å²) in [7, 11) is 2.08. The van der Waals surface area contributed by atoms with Crippen LogP contribution in [0.1, 0.15) is 12.8 Å². The summed E-state index contributed by atoms with van der Waals surface area (Å²) >= 11 is 0. The van der Waals surface area contributed by atoms with Crippen molar-refractivity contribution in [2.75, 3.05) is 29.1 Å². The van der Waals surface area contributed by atoms with Gasteiger partial charge in [0.15, 0.2) is 0 Å². The van der Waals surface area contributed by atoms with Crippen molar-refractivity contribution in [3.63, 3.8) is 0 Å². The van der Waals surface area contributed by atoms with Crippen LogP contribution in [0, 0.1) is 0 Å². The van der Waals surface area contributed by atoms with Crippen molar-refractivity contribution >= 4 is 44.7 Å². The predicted octanol–water partition coefficient (Wildman–Crippen LogP) is 2.13. The summed E-state index contributed by atoms with van der Waals surface area (Å²) in [5, 5.41) is 1.86. The lowest BCUT2D eigenvalue weighted by atomic mass is 10.0. The number of aromatic nitrogens is 2. The molecule has 0 radical (unpaired) electrons. The molecule has 0 aliphatic heterocycles. The van der Waals surface area contributed by atoms with Gasteiger partial charge in [0.05, 0.1) is 22.3 Å². The fourth-order valence-corrected chi connectivity index (χ4v) is 2.96. The van der Waals surface area contributed by atoms with Crippen LogP contribution in [0.25, 0.3) is 21.8 Å². The number of rotatable bonds is 2. The third-order valence-electron chi connectivity index (χ3n) is 4.39. The van der Waals surface area contributed by atoms with Crippen molar-refractivity contribution in [1.29, 1.82) is 0 Å². The molecule has 1 saturated carbocycles. The highest BCUT2D eigenvalue weighted by atomic mass is 15.2. The lowest BCUT2D eigenvalue weighted by molar-refractivity contribution is 0.923. The van der Waals surface area contributed by atoms with E-state index in [9.17, 15) is 0 Å². The fourth-order valence-electron chi connectivity index (χ4n) is 2.96. The van der Waals surface area contributed by atoms with Gasteiger partial charge in [0.2, 0.25) is 0 Å². The van der Waals surface area contributed by atoms with E-state index in [0.717, 1.165) is 22.0 Å². The molecular formula is C16H18N6. The van der Waals surface area contributed by atoms with E-state index in [1.54, 1.807) is 6.20 Å². The molecule has 112 valence electrons. The average Bonchev–Trinajstić information content (AvgIpc) is 3.36. The Bertz CT molecular complexity index is 900. The minimum atomic E-state index is 0.253.